The van der Waals surface area contributed by atoms with Gasteiger partial charge in [0, 0.05) is 6.42 Å². The fourth-order valence-electron chi connectivity index (χ4n) is 3.40. The van der Waals surface area contributed by atoms with E-state index in [1.54, 1.807) is 0 Å². The van der Waals surface area contributed by atoms with Gasteiger partial charge in [-0.2, -0.15) is 0 Å². The molecule has 4 atom stereocenters. The zero-order chi connectivity index (χ0) is 16.5. The van der Waals surface area contributed by atoms with Crippen LogP contribution >= 0.6 is 0 Å². The maximum Gasteiger partial charge on any atom is 0.103 e. The van der Waals surface area contributed by atoms with E-state index in [2.05, 4.69) is 38.1 Å². The fraction of sp³-hybridized carbons (Fsp3) is 0.600. The molecule has 2 saturated heterocycles. The first kappa shape index (κ1) is 16.7. The second-order valence-electron chi connectivity index (χ2n) is 7.72. The third-order valence-electron chi connectivity index (χ3n) is 4.96. The van der Waals surface area contributed by atoms with Gasteiger partial charge < -0.3 is 14.6 Å². The van der Waals surface area contributed by atoms with E-state index in [9.17, 15) is 5.11 Å². The minimum absolute atomic E-state index is 0.140. The lowest BCUT2D eigenvalue weighted by Gasteiger charge is -2.34. The lowest BCUT2D eigenvalue weighted by Crippen LogP contribution is -2.44. The molecule has 1 aromatic rings. The summed E-state index contributed by atoms with van der Waals surface area (Å²) in [7, 11) is 0. The number of aliphatic hydroxyl groups is 1. The number of rotatable bonds is 4. The standard InChI is InChI=1S/C20H28O3/c1-19(2)12-7-13-20(3,21)18(23-19)14-17-16(22-17)11-10-15-8-5-4-6-9-15/h4-6,8-11,16-18,21H,7,12-14H2,1-3H3/b11-10-/t16-,17-,18+,20-/m1/s1. The summed E-state index contributed by atoms with van der Waals surface area (Å²) in [6, 6.07) is 10.2. The molecule has 0 amide bonds. The predicted octanol–water partition coefficient (Wildman–Crippen LogP) is 3.96. The van der Waals surface area contributed by atoms with Crippen molar-refractivity contribution in [2.24, 2.45) is 0 Å². The summed E-state index contributed by atoms with van der Waals surface area (Å²) in [4.78, 5) is 0. The van der Waals surface area contributed by atoms with Gasteiger partial charge in [0.1, 0.15) is 6.10 Å². The highest BCUT2D eigenvalue weighted by atomic mass is 16.6. The van der Waals surface area contributed by atoms with Gasteiger partial charge in [0.25, 0.3) is 0 Å². The van der Waals surface area contributed by atoms with Crippen LogP contribution < -0.4 is 0 Å². The summed E-state index contributed by atoms with van der Waals surface area (Å²) in [5.74, 6) is 0. The normalized spacial score (nSPS) is 36.8. The minimum Gasteiger partial charge on any atom is -0.387 e. The Morgan fingerprint density at radius 3 is 2.65 bits per heavy atom. The molecule has 2 aliphatic heterocycles. The van der Waals surface area contributed by atoms with Crippen LogP contribution in [0.2, 0.25) is 0 Å². The van der Waals surface area contributed by atoms with E-state index < -0.39 is 5.60 Å². The predicted molar refractivity (Wildman–Crippen MR) is 92.2 cm³/mol. The van der Waals surface area contributed by atoms with Crippen molar-refractivity contribution in [3.05, 3.63) is 42.0 Å². The van der Waals surface area contributed by atoms with Crippen molar-refractivity contribution in [2.75, 3.05) is 0 Å². The molecule has 0 unspecified atom stereocenters. The van der Waals surface area contributed by atoms with Gasteiger partial charge in [-0.3, -0.25) is 0 Å². The molecular weight excluding hydrogens is 288 g/mol. The highest BCUT2D eigenvalue weighted by Crippen LogP contribution is 2.39. The summed E-state index contributed by atoms with van der Waals surface area (Å²) in [6.45, 7) is 6.13. The molecule has 2 fully saturated rings. The first-order valence-corrected chi connectivity index (χ1v) is 8.65. The van der Waals surface area contributed by atoms with Crippen LogP contribution in [0.3, 0.4) is 0 Å². The molecule has 2 heterocycles. The zero-order valence-electron chi connectivity index (χ0n) is 14.4. The van der Waals surface area contributed by atoms with E-state index in [1.165, 1.54) is 5.56 Å². The third kappa shape index (κ3) is 4.43. The summed E-state index contributed by atoms with van der Waals surface area (Å²) < 4.78 is 12.0. The molecule has 0 aromatic heterocycles. The molecular formula is C20H28O3. The molecule has 3 nitrogen and oxygen atoms in total. The van der Waals surface area contributed by atoms with Crippen molar-refractivity contribution in [1.82, 2.24) is 0 Å². The van der Waals surface area contributed by atoms with Crippen molar-refractivity contribution < 1.29 is 14.6 Å². The average molecular weight is 316 g/mol. The van der Waals surface area contributed by atoms with Crippen LogP contribution in [0.15, 0.2) is 36.4 Å². The van der Waals surface area contributed by atoms with E-state index in [0.29, 0.717) is 0 Å². The molecule has 0 radical (unpaired) electrons. The molecule has 0 bridgehead atoms. The summed E-state index contributed by atoms with van der Waals surface area (Å²) in [6.07, 6.45) is 7.86. The van der Waals surface area contributed by atoms with Gasteiger partial charge in [-0.05, 0) is 45.6 Å². The number of benzene rings is 1. The maximum atomic E-state index is 10.7. The van der Waals surface area contributed by atoms with Crippen LogP contribution in [0.5, 0.6) is 0 Å². The van der Waals surface area contributed by atoms with Crippen LogP contribution in [-0.2, 0) is 9.47 Å². The number of hydrogen-bond acceptors (Lipinski definition) is 3. The quantitative estimate of drug-likeness (QED) is 0.855. The molecule has 1 N–H and O–H groups in total. The minimum atomic E-state index is -0.770. The molecule has 0 saturated carbocycles. The van der Waals surface area contributed by atoms with Crippen molar-refractivity contribution in [1.29, 1.82) is 0 Å². The second kappa shape index (κ2) is 6.39. The summed E-state index contributed by atoms with van der Waals surface area (Å²) in [5.41, 5.74) is 0.239. The molecule has 2 aliphatic rings. The SMILES string of the molecule is CC1(C)CCC[C@@](C)(O)[C@H](C[C@H]2O[C@@H]2/C=C\c2ccccc2)O1. The largest absolute Gasteiger partial charge is 0.387 e. The topological polar surface area (TPSA) is 42.0 Å². The first-order chi connectivity index (χ1) is 10.9. The molecule has 23 heavy (non-hydrogen) atoms. The smallest absolute Gasteiger partial charge is 0.103 e. The van der Waals surface area contributed by atoms with E-state index in [1.807, 2.05) is 25.1 Å². The summed E-state index contributed by atoms with van der Waals surface area (Å²) >= 11 is 0. The first-order valence-electron chi connectivity index (χ1n) is 8.65. The maximum absolute atomic E-state index is 10.7. The van der Waals surface area contributed by atoms with E-state index >= 15 is 0 Å². The van der Waals surface area contributed by atoms with Gasteiger partial charge >= 0.3 is 0 Å². The third-order valence-corrected chi connectivity index (χ3v) is 4.96. The number of epoxide rings is 1. The van der Waals surface area contributed by atoms with Gasteiger partial charge in [0.15, 0.2) is 0 Å². The lowest BCUT2D eigenvalue weighted by atomic mass is 9.90. The molecule has 3 heteroatoms. The van der Waals surface area contributed by atoms with Crippen LogP contribution in [0.1, 0.15) is 52.0 Å². The lowest BCUT2D eigenvalue weighted by molar-refractivity contribution is -0.148. The average Bonchev–Trinajstić information content (AvgIpc) is 3.23. The Balaban J connectivity index is 1.58. The Kier molecular flexibility index (Phi) is 4.63. The van der Waals surface area contributed by atoms with Gasteiger partial charge in [0.05, 0.1) is 23.4 Å². The van der Waals surface area contributed by atoms with Crippen molar-refractivity contribution in [2.45, 2.75) is 76.0 Å². The van der Waals surface area contributed by atoms with Gasteiger partial charge in [-0.15, -0.1) is 0 Å². The number of hydrogen-bond donors (Lipinski definition) is 1. The van der Waals surface area contributed by atoms with Gasteiger partial charge in [-0.25, -0.2) is 0 Å². The van der Waals surface area contributed by atoms with Crippen molar-refractivity contribution in [3.63, 3.8) is 0 Å². The fourth-order valence-corrected chi connectivity index (χ4v) is 3.40. The Morgan fingerprint density at radius 1 is 1.17 bits per heavy atom. The van der Waals surface area contributed by atoms with Gasteiger partial charge in [0.2, 0.25) is 0 Å². The second-order valence-corrected chi connectivity index (χ2v) is 7.72. The highest BCUT2D eigenvalue weighted by Gasteiger charge is 2.46. The van der Waals surface area contributed by atoms with Crippen molar-refractivity contribution in [3.8, 4) is 0 Å². The summed E-state index contributed by atoms with van der Waals surface area (Å²) in [5, 5.41) is 10.7. The van der Waals surface area contributed by atoms with Crippen LogP contribution in [-0.4, -0.2) is 34.6 Å². The monoisotopic (exact) mass is 316 g/mol. The van der Waals surface area contributed by atoms with Crippen LogP contribution in [0.4, 0.5) is 0 Å². The van der Waals surface area contributed by atoms with Gasteiger partial charge in [-0.1, -0.05) is 42.5 Å². The molecule has 1 aromatic carbocycles. The molecule has 126 valence electrons. The van der Waals surface area contributed by atoms with Crippen LogP contribution in [0, 0.1) is 0 Å². The Morgan fingerprint density at radius 2 is 1.91 bits per heavy atom. The Hall–Kier alpha value is -1.16. The van der Waals surface area contributed by atoms with Crippen LogP contribution in [0.25, 0.3) is 6.08 Å². The number of ether oxygens (including phenoxy) is 2. The Bertz CT molecular complexity index is 547. The van der Waals surface area contributed by atoms with E-state index in [0.717, 1.165) is 25.7 Å². The van der Waals surface area contributed by atoms with E-state index in [-0.39, 0.29) is 23.9 Å². The molecule has 3 rings (SSSR count). The molecule has 0 aliphatic carbocycles. The van der Waals surface area contributed by atoms with E-state index in [4.69, 9.17) is 9.47 Å². The highest BCUT2D eigenvalue weighted by molar-refractivity contribution is 5.50. The molecule has 0 spiro atoms. The van der Waals surface area contributed by atoms with Crippen molar-refractivity contribution >= 4 is 6.08 Å². The Labute approximate surface area is 139 Å². The zero-order valence-corrected chi connectivity index (χ0v) is 14.4.